The number of hydrogen-bond acceptors (Lipinski definition) is 5. The number of guanidine groups is 1. The molecule has 31 heavy (non-hydrogen) atoms. The minimum atomic E-state index is -0.0594. The smallest absolute Gasteiger partial charge is 0.226 e. The monoisotopic (exact) mass is 536 g/mol. The number of halogens is 1. The van der Waals surface area contributed by atoms with Crippen molar-refractivity contribution in [3.05, 3.63) is 66.1 Å². The van der Waals surface area contributed by atoms with Gasteiger partial charge in [-0.1, -0.05) is 23.8 Å². The van der Waals surface area contributed by atoms with Gasteiger partial charge in [0, 0.05) is 18.7 Å². The first-order chi connectivity index (χ1) is 14.6. The van der Waals surface area contributed by atoms with Crippen molar-refractivity contribution in [1.29, 1.82) is 0 Å². The molecule has 3 rings (SSSR count). The Kier molecular flexibility index (Phi) is 9.64. The number of rotatable bonds is 8. The number of hydrogen-bond donors (Lipinski definition) is 2. The summed E-state index contributed by atoms with van der Waals surface area (Å²) in [4.78, 5) is 8.78. The van der Waals surface area contributed by atoms with Crippen LogP contribution in [0.15, 0.2) is 64.2 Å². The van der Waals surface area contributed by atoms with E-state index in [0.717, 1.165) is 22.8 Å². The normalized spacial score (nSPS) is 11.9. The number of oxazole rings is 1. The summed E-state index contributed by atoms with van der Waals surface area (Å²) in [6.07, 6.45) is 1.60. The second kappa shape index (κ2) is 12.2. The average Bonchev–Trinajstić information content (AvgIpc) is 3.23. The maximum atomic E-state index is 5.92. The van der Waals surface area contributed by atoms with E-state index in [2.05, 4.69) is 27.5 Å². The molecule has 0 aliphatic rings. The summed E-state index contributed by atoms with van der Waals surface area (Å²) in [5.74, 6) is 2.80. The van der Waals surface area contributed by atoms with E-state index in [0.29, 0.717) is 24.9 Å². The molecule has 1 atom stereocenters. The zero-order valence-electron chi connectivity index (χ0n) is 18.2. The molecule has 3 aromatic rings. The zero-order valence-corrected chi connectivity index (χ0v) is 20.5. The van der Waals surface area contributed by atoms with Crippen molar-refractivity contribution in [3.63, 3.8) is 0 Å². The van der Waals surface area contributed by atoms with Crippen LogP contribution in [-0.4, -0.2) is 37.7 Å². The van der Waals surface area contributed by atoms with E-state index in [4.69, 9.17) is 13.9 Å². The minimum absolute atomic E-state index is 0. The van der Waals surface area contributed by atoms with Gasteiger partial charge in [-0.2, -0.15) is 0 Å². The van der Waals surface area contributed by atoms with Gasteiger partial charge in [0.2, 0.25) is 5.89 Å². The lowest BCUT2D eigenvalue weighted by molar-refractivity contribution is 0.223. The third-order valence-electron chi connectivity index (χ3n) is 4.45. The van der Waals surface area contributed by atoms with Crippen LogP contribution in [0.1, 0.15) is 18.2 Å². The van der Waals surface area contributed by atoms with Crippen molar-refractivity contribution in [2.24, 2.45) is 4.99 Å². The number of benzene rings is 2. The Morgan fingerprint density at radius 1 is 1.13 bits per heavy atom. The number of methoxy groups -OCH3 is 1. The maximum absolute atomic E-state index is 5.92. The van der Waals surface area contributed by atoms with E-state index >= 15 is 0 Å². The average molecular weight is 536 g/mol. The first kappa shape index (κ1) is 24.5. The Morgan fingerprint density at radius 3 is 2.58 bits per heavy atom. The highest BCUT2D eigenvalue weighted by atomic mass is 127. The molecule has 1 heterocycles. The van der Waals surface area contributed by atoms with Crippen molar-refractivity contribution >= 4 is 29.9 Å². The van der Waals surface area contributed by atoms with Gasteiger partial charge in [-0.25, -0.2) is 4.98 Å². The van der Waals surface area contributed by atoms with Crippen LogP contribution in [0.25, 0.3) is 11.5 Å². The third-order valence-corrected chi connectivity index (χ3v) is 4.45. The Labute approximate surface area is 200 Å². The van der Waals surface area contributed by atoms with Crippen LogP contribution in [0.4, 0.5) is 0 Å². The van der Waals surface area contributed by atoms with Crippen LogP contribution in [0.2, 0.25) is 0 Å². The summed E-state index contributed by atoms with van der Waals surface area (Å²) < 4.78 is 16.7. The summed E-state index contributed by atoms with van der Waals surface area (Å²) >= 11 is 0. The molecule has 1 aromatic heterocycles. The molecule has 0 saturated heterocycles. The Hall–Kier alpha value is -2.75. The van der Waals surface area contributed by atoms with Gasteiger partial charge in [-0.15, -0.1) is 24.0 Å². The molecule has 0 amide bonds. The Balaban J connectivity index is 0.00000341. The summed E-state index contributed by atoms with van der Waals surface area (Å²) in [5, 5.41) is 6.50. The molecule has 7 nitrogen and oxygen atoms in total. The largest absolute Gasteiger partial charge is 0.497 e. The van der Waals surface area contributed by atoms with Crippen molar-refractivity contribution < 1.29 is 13.9 Å². The SMILES string of the molecule is CN=C(NCc1coc(-c2ccc(C)cc2)n1)NCC(C)Oc1cccc(OC)c1.I. The van der Waals surface area contributed by atoms with Crippen LogP contribution in [0, 0.1) is 6.92 Å². The number of nitrogens with zero attached hydrogens (tertiary/aromatic N) is 2. The third kappa shape index (κ3) is 7.46. The molecule has 166 valence electrons. The number of ether oxygens (including phenoxy) is 2. The first-order valence-electron chi connectivity index (χ1n) is 9.84. The molecule has 0 bridgehead atoms. The molecule has 0 fully saturated rings. The Bertz CT molecular complexity index is 973. The van der Waals surface area contributed by atoms with Crippen LogP contribution in [0.3, 0.4) is 0 Å². The molecule has 0 spiro atoms. The fourth-order valence-electron chi connectivity index (χ4n) is 2.80. The molecule has 2 N–H and O–H groups in total. The lowest BCUT2D eigenvalue weighted by Gasteiger charge is -2.17. The molecule has 2 aromatic carbocycles. The van der Waals surface area contributed by atoms with Crippen LogP contribution < -0.4 is 20.1 Å². The highest BCUT2D eigenvalue weighted by Crippen LogP contribution is 2.20. The van der Waals surface area contributed by atoms with E-state index in [1.165, 1.54) is 5.56 Å². The summed E-state index contributed by atoms with van der Waals surface area (Å²) in [6, 6.07) is 15.6. The lowest BCUT2D eigenvalue weighted by Crippen LogP contribution is -2.41. The van der Waals surface area contributed by atoms with Gasteiger partial charge >= 0.3 is 0 Å². The molecule has 8 heteroatoms. The van der Waals surface area contributed by atoms with Crippen molar-refractivity contribution in [2.45, 2.75) is 26.5 Å². The predicted molar refractivity (Wildman–Crippen MR) is 133 cm³/mol. The predicted octanol–water partition coefficient (Wildman–Crippen LogP) is 4.41. The molecule has 0 aliphatic carbocycles. The highest BCUT2D eigenvalue weighted by molar-refractivity contribution is 14.0. The van der Waals surface area contributed by atoms with E-state index in [-0.39, 0.29) is 30.1 Å². The minimum Gasteiger partial charge on any atom is -0.497 e. The number of aromatic nitrogens is 1. The fourth-order valence-corrected chi connectivity index (χ4v) is 2.80. The van der Waals surface area contributed by atoms with Gasteiger partial charge in [0.1, 0.15) is 23.9 Å². The molecular formula is C23H29IN4O3. The Morgan fingerprint density at radius 2 is 1.87 bits per heavy atom. The van der Waals surface area contributed by atoms with Gasteiger partial charge in [0.25, 0.3) is 0 Å². The molecule has 1 unspecified atom stereocenters. The quantitative estimate of drug-likeness (QED) is 0.252. The zero-order chi connectivity index (χ0) is 21.3. The molecule has 0 radical (unpaired) electrons. The highest BCUT2D eigenvalue weighted by Gasteiger charge is 2.09. The van der Waals surface area contributed by atoms with Crippen molar-refractivity contribution in [1.82, 2.24) is 15.6 Å². The van der Waals surface area contributed by atoms with Gasteiger partial charge in [-0.05, 0) is 38.1 Å². The maximum Gasteiger partial charge on any atom is 0.226 e. The molecule has 0 saturated carbocycles. The van der Waals surface area contributed by atoms with Gasteiger partial charge in [0.05, 0.1) is 25.9 Å². The molecule has 0 aliphatic heterocycles. The summed E-state index contributed by atoms with van der Waals surface area (Å²) in [6.45, 7) is 5.13. The number of nitrogens with one attached hydrogen (secondary N) is 2. The van der Waals surface area contributed by atoms with E-state index < -0.39 is 0 Å². The topological polar surface area (TPSA) is 80.9 Å². The number of aliphatic imine (C=N–C) groups is 1. The van der Waals surface area contributed by atoms with Gasteiger partial charge in [-0.3, -0.25) is 4.99 Å². The van der Waals surface area contributed by atoms with Gasteiger partial charge in [0.15, 0.2) is 5.96 Å². The first-order valence-corrected chi connectivity index (χ1v) is 9.84. The second-order valence-electron chi connectivity index (χ2n) is 6.92. The molecular weight excluding hydrogens is 507 g/mol. The van der Waals surface area contributed by atoms with E-state index in [1.807, 2.05) is 55.5 Å². The van der Waals surface area contributed by atoms with Gasteiger partial charge < -0.3 is 24.5 Å². The standard InChI is InChI=1S/C23H28N4O3.HI/c1-16-8-10-18(11-9-16)22-27-19(15-29-22)14-26-23(24-3)25-13-17(2)30-21-7-5-6-20(12-21)28-4;/h5-12,15,17H,13-14H2,1-4H3,(H2,24,25,26);1H. The second-order valence-corrected chi connectivity index (χ2v) is 6.92. The van der Waals surface area contributed by atoms with E-state index in [1.54, 1.807) is 20.4 Å². The lowest BCUT2D eigenvalue weighted by atomic mass is 10.1. The van der Waals surface area contributed by atoms with Crippen LogP contribution >= 0.6 is 24.0 Å². The van der Waals surface area contributed by atoms with Crippen molar-refractivity contribution in [3.8, 4) is 23.0 Å². The fraction of sp³-hybridized carbons (Fsp3) is 0.304. The van der Waals surface area contributed by atoms with Crippen molar-refractivity contribution in [2.75, 3.05) is 20.7 Å². The van der Waals surface area contributed by atoms with Crippen LogP contribution in [0.5, 0.6) is 11.5 Å². The summed E-state index contributed by atoms with van der Waals surface area (Å²) in [5.41, 5.74) is 2.96. The van der Waals surface area contributed by atoms with Crippen LogP contribution in [-0.2, 0) is 6.54 Å². The summed E-state index contributed by atoms with van der Waals surface area (Å²) in [7, 11) is 3.36. The number of aryl methyl sites for hydroxylation is 1. The van der Waals surface area contributed by atoms with E-state index in [9.17, 15) is 0 Å².